The van der Waals surface area contributed by atoms with Gasteiger partial charge in [0.2, 0.25) is 5.91 Å². The lowest BCUT2D eigenvalue weighted by molar-refractivity contribution is -0.121. The maximum Gasteiger partial charge on any atom is 0.240 e. The number of hydrogen-bond acceptors (Lipinski definition) is 4. The van der Waals surface area contributed by atoms with Gasteiger partial charge in [0.15, 0.2) is 10.6 Å². The number of carbonyl (C=O) groups excluding carboxylic acids is 1. The molecule has 7 heteroatoms. The molecule has 0 aliphatic carbocycles. The smallest absolute Gasteiger partial charge is 0.240 e. The van der Waals surface area contributed by atoms with Gasteiger partial charge in [-0.15, -0.1) is 0 Å². The van der Waals surface area contributed by atoms with Crippen molar-refractivity contribution < 1.29 is 9.53 Å². The van der Waals surface area contributed by atoms with E-state index in [0.29, 0.717) is 23.7 Å². The van der Waals surface area contributed by atoms with Gasteiger partial charge in [-0.05, 0) is 25.2 Å². The maximum absolute atomic E-state index is 11.9. The van der Waals surface area contributed by atoms with Crippen LogP contribution in [-0.2, 0) is 16.1 Å². The Labute approximate surface area is 128 Å². The number of benzene rings is 1. The van der Waals surface area contributed by atoms with E-state index in [4.69, 9.17) is 17.0 Å². The second-order valence-corrected chi connectivity index (χ2v) is 5.04. The van der Waals surface area contributed by atoms with Crippen LogP contribution in [0.4, 0.5) is 0 Å². The van der Waals surface area contributed by atoms with Crippen molar-refractivity contribution in [3.63, 3.8) is 0 Å². The number of H-pyrrole nitrogens is 1. The molecule has 2 N–H and O–H groups in total. The Hall–Kier alpha value is -1.99. The predicted octanol–water partition coefficient (Wildman–Crippen LogP) is 1.68. The molecular formula is C14H18N4O2S. The summed E-state index contributed by atoms with van der Waals surface area (Å²) in [7, 11) is 1.59. The quantitative estimate of drug-likeness (QED) is 0.629. The van der Waals surface area contributed by atoms with Gasteiger partial charge in [0.25, 0.3) is 0 Å². The van der Waals surface area contributed by atoms with E-state index in [1.807, 2.05) is 31.2 Å². The van der Waals surface area contributed by atoms with Crippen LogP contribution in [0.3, 0.4) is 0 Å². The van der Waals surface area contributed by atoms with Crippen LogP contribution in [0.1, 0.15) is 5.56 Å². The Balaban J connectivity index is 2.19. The molecule has 112 valence electrons. The Morgan fingerprint density at radius 3 is 3.05 bits per heavy atom. The number of rotatable bonds is 6. The zero-order chi connectivity index (χ0) is 15.2. The monoisotopic (exact) mass is 306 g/mol. The first kappa shape index (κ1) is 15.4. The SMILES string of the molecule is COCCNC(=O)Cn1c(-c2cccc(C)c2)n[nH]c1=S. The lowest BCUT2D eigenvalue weighted by Crippen LogP contribution is -2.30. The van der Waals surface area contributed by atoms with Gasteiger partial charge in [0, 0.05) is 19.2 Å². The number of aromatic nitrogens is 3. The summed E-state index contributed by atoms with van der Waals surface area (Å²) in [6.45, 7) is 3.09. The fourth-order valence-corrected chi connectivity index (χ4v) is 2.16. The summed E-state index contributed by atoms with van der Waals surface area (Å²) in [5.41, 5.74) is 2.05. The molecule has 0 saturated carbocycles. The lowest BCUT2D eigenvalue weighted by Gasteiger charge is -2.08. The number of methoxy groups -OCH3 is 1. The van der Waals surface area contributed by atoms with Crippen LogP contribution in [0.5, 0.6) is 0 Å². The van der Waals surface area contributed by atoms with E-state index in [-0.39, 0.29) is 12.5 Å². The zero-order valence-corrected chi connectivity index (χ0v) is 12.9. The number of aryl methyl sites for hydroxylation is 1. The van der Waals surface area contributed by atoms with Gasteiger partial charge in [-0.3, -0.25) is 14.5 Å². The van der Waals surface area contributed by atoms with Crippen molar-refractivity contribution in [2.75, 3.05) is 20.3 Å². The van der Waals surface area contributed by atoms with Crippen molar-refractivity contribution in [2.45, 2.75) is 13.5 Å². The summed E-state index contributed by atoms with van der Waals surface area (Å²) < 4.78 is 7.01. The lowest BCUT2D eigenvalue weighted by atomic mass is 10.1. The zero-order valence-electron chi connectivity index (χ0n) is 12.0. The first-order valence-electron chi connectivity index (χ1n) is 6.59. The Kier molecular flexibility index (Phi) is 5.24. The molecule has 6 nitrogen and oxygen atoms in total. The molecule has 1 amide bonds. The fraction of sp³-hybridized carbons (Fsp3) is 0.357. The Bertz CT molecular complexity index is 678. The van der Waals surface area contributed by atoms with Crippen molar-refractivity contribution >= 4 is 18.1 Å². The van der Waals surface area contributed by atoms with E-state index in [1.165, 1.54) is 0 Å². The highest BCUT2D eigenvalue weighted by molar-refractivity contribution is 7.71. The third-order valence-electron chi connectivity index (χ3n) is 2.96. The van der Waals surface area contributed by atoms with Crippen LogP contribution in [-0.4, -0.2) is 40.9 Å². The molecule has 21 heavy (non-hydrogen) atoms. The molecule has 2 aromatic rings. The number of nitrogens with zero attached hydrogens (tertiary/aromatic N) is 2. The van der Waals surface area contributed by atoms with Crippen LogP contribution in [0.2, 0.25) is 0 Å². The van der Waals surface area contributed by atoms with Gasteiger partial charge in [-0.25, -0.2) is 0 Å². The van der Waals surface area contributed by atoms with Crippen LogP contribution in [0.25, 0.3) is 11.4 Å². The van der Waals surface area contributed by atoms with Crippen molar-refractivity contribution in [3.05, 3.63) is 34.6 Å². The third kappa shape index (κ3) is 3.99. The van der Waals surface area contributed by atoms with E-state index in [2.05, 4.69) is 15.5 Å². The number of ether oxygens (including phenoxy) is 1. The van der Waals surface area contributed by atoms with Crippen molar-refractivity contribution in [1.29, 1.82) is 0 Å². The van der Waals surface area contributed by atoms with E-state index >= 15 is 0 Å². The summed E-state index contributed by atoms with van der Waals surface area (Å²) in [5, 5.41) is 9.72. The second-order valence-electron chi connectivity index (χ2n) is 4.65. The molecule has 2 rings (SSSR count). The molecule has 0 unspecified atom stereocenters. The molecule has 0 atom stereocenters. The molecule has 1 heterocycles. The van der Waals surface area contributed by atoms with Gasteiger partial charge in [-0.1, -0.05) is 23.8 Å². The number of aromatic amines is 1. The summed E-state index contributed by atoms with van der Waals surface area (Å²) in [6.07, 6.45) is 0. The molecule has 0 aliphatic heterocycles. The first-order valence-corrected chi connectivity index (χ1v) is 7.00. The highest BCUT2D eigenvalue weighted by Crippen LogP contribution is 2.18. The molecule has 0 aliphatic rings. The minimum absolute atomic E-state index is 0.126. The van der Waals surface area contributed by atoms with E-state index < -0.39 is 0 Å². The second kappa shape index (κ2) is 7.14. The molecule has 0 radical (unpaired) electrons. The van der Waals surface area contributed by atoms with Crippen LogP contribution in [0, 0.1) is 11.7 Å². The standard InChI is InChI=1S/C14H18N4O2S/c1-10-4-3-5-11(8-10)13-16-17-14(21)18(13)9-12(19)15-6-7-20-2/h3-5,8H,6-7,9H2,1-2H3,(H,15,19)(H,17,21). The molecule has 1 aromatic heterocycles. The van der Waals surface area contributed by atoms with Gasteiger partial charge in [0.1, 0.15) is 6.54 Å². The maximum atomic E-state index is 11.9. The average molecular weight is 306 g/mol. The topological polar surface area (TPSA) is 71.9 Å². The fourth-order valence-electron chi connectivity index (χ4n) is 1.96. The van der Waals surface area contributed by atoms with Gasteiger partial charge >= 0.3 is 0 Å². The average Bonchev–Trinajstić information content (AvgIpc) is 2.81. The van der Waals surface area contributed by atoms with Gasteiger partial charge in [0.05, 0.1) is 6.61 Å². The molecule has 0 fully saturated rings. The highest BCUT2D eigenvalue weighted by atomic mass is 32.1. The van der Waals surface area contributed by atoms with Crippen LogP contribution in [0.15, 0.2) is 24.3 Å². The van der Waals surface area contributed by atoms with Crippen molar-refractivity contribution in [1.82, 2.24) is 20.1 Å². The summed E-state index contributed by atoms with van der Waals surface area (Å²) >= 11 is 5.20. The summed E-state index contributed by atoms with van der Waals surface area (Å²) in [5.74, 6) is 0.532. The molecular weight excluding hydrogens is 288 g/mol. The number of nitrogens with one attached hydrogen (secondary N) is 2. The number of carbonyl (C=O) groups is 1. The minimum Gasteiger partial charge on any atom is -0.383 e. The van der Waals surface area contributed by atoms with Gasteiger partial charge in [-0.2, -0.15) is 5.10 Å². The summed E-state index contributed by atoms with van der Waals surface area (Å²) in [6, 6.07) is 7.90. The first-order chi connectivity index (χ1) is 10.1. The Morgan fingerprint density at radius 2 is 2.33 bits per heavy atom. The molecule has 0 saturated heterocycles. The predicted molar refractivity (Wildman–Crippen MR) is 82.5 cm³/mol. The Morgan fingerprint density at radius 1 is 1.52 bits per heavy atom. The van der Waals surface area contributed by atoms with E-state index in [9.17, 15) is 4.79 Å². The number of hydrogen-bond donors (Lipinski definition) is 2. The normalized spacial score (nSPS) is 10.6. The third-order valence-corrected chi connectivity index (χ3v) is 3.28. The van der Waals surface area contributed by atoms with Crippen LogP contribution >= 0.6 is 12.2 Å². The number of amides is 1. The molecule has 0 spiro atoms. The van der Waals surface area contributed by atoms with Gasteiger partial charge < -0.3 is 10.1 Å². The van der Waals surface area contributed by atoms with E-state index in [0.717, 1.165) is 11.1 Å². The van der Waals surface area contributed by atoms with Crippen molar-refractivity contribution in [3.8, 4) is 11.4 Å². The van der Waals surface area contributed by atoms with E-state index in [1.54, 1.807) is 11.7 Å². The van der Waals surface area contributed by atoms with Crippen molar-refractivity contribution in [2.24, 2.45) is 0 Å². The molecule has 1 aromatic carbocycles. The summed E-state index contributed by atoms with van der Waals surface area (Å²) in [4.78, 5) is 11.9. The largest absolute Gasteiger partial charge is 0.383 e. The minimum atomic E-state index is -0.126. The molecule has 0 bridgehead atoms. The van der Waals surface area contributed by atoms with Crippen LogP contribution < -0.4 is 5.32 Å². The highest BCUT2D eigenvalue weighted by Gasteiger charge is 2.12.